The number of benzene rings is 1. The molecule has 1 atom stereocenters. The summed E-state index contributed by atoms with van der Waals surface area (Å²) in [5.74, 6) is 1.22. The molecule has 0 radical (unpaired) electrons. The van der Waals surface area contributed by atoms with Gasteiger partial charge in [0, 0.05) is 31.6 Å². The standard InChI is InChI=1S/C21H33Cl2N5OS.2ClH/c1-6-18-19(27(5)12-8-11-26(3)4)28(7-2)21(30-18)25-20(29)24-14-15-9-10-16(22)17(23)13-15;;/h9-10,13,21H,6-8,11-12,14H2,1-5H3,(H2,24,25,29);2*1H. The lowest BCUT2D eigenvalue weighted by Crippen LogP contribution is -2.48. The minimum absolute atomic E-state index is 0. The lowest BCUT2D eigenvalue weighted by molar-refractivity contribution is 0.201. The van der Waals surface area contributed by atoms with Crippen LogP contribution in [0.25, 0.3) is 0 Å². The minimum Gasteiger partial charge on any atom is -0.361 e. The van der Waals surface area contributed by atoms with Gasteiger partial charge in [0.2, 0.25) is 0 Å². The van der Waals surface area contributed by atoms with Gasteiger partial charge in [0.25, 0.3) is 0 Å². The van der Waals surface area contributed by atoms with Gasteiger partial charge < -0.3 is 25.3 Å². The summed E-state index contributed by atoms with van der Waals surface area (Å²) in [7, 11) is 6.32. The average molecular weight is 547 g/mol. The highest BCUT2D eigenvalue weighted by molar-refractivity contribution is 8.03. The smallest absolute Gasteiger partial charge is 0.317 e. The van der Waals surface area contributed by atoms with Crippen molar-refractivity contribution in [3.63, 3.8) is 0 Å². The Kier molecular flexibility index (Phi) is 14.9. The largest absolute Gasteiger partial charge is 0.361 e. The molecule has 6 nitrogen and oxygen atoms in total. The fourth-order valence-corrected chi connectivity index (χ4v) is 5.02. The topological polar surface area (TPSA) is 50.9 Å². The molecule has 0 aromatic heterocycles. The highest BCUT2D eigenvalue weighted by atomic mass is 35.5. The van der Waals surface area contributed by atoms with Crippen LogP contribution in [-0.4, -0.2) is 67.0 Å². The molecule has 0 fully saturated rings. The van der Waals surface area contributed by atoms with Gasteiger partial charge in [-0.1, -0.05) is 48.0 Å². The third-order valence-corrected chi connectivity index (χ3v) is 6.96. The van der Waals surface area contributed by atoms with Gasteiger partial charge in [-0.15, -0.1) is 24.8 Å². The van der Waals surface area contributed by atoms with Crippen molar-refractivity contribution in [2.75, 3.05) is 40.8 Å². The molecule has 0 bridgehead atoms. The van der Waals surface area contributed by atoms with Crippen LogP contribution in [0.4, 0.5) is 4.79 Å². The Bertz CT molecular complexity index is 766. The molecule has 2 rings (SSSR count). The van der Waals surface area contributed by atoms with E-state index in [0.29, 0.717) is 16.6 Å². The molecule has 0 spiro atoms. The van der Waals surface area contributed by atoms with Crippen molar-refractivity contribution in [2.24, 2.45) is 0 Å². The maximum Gasteiger partial charge on any atom is 0.317 e. The number of amides is 2. The van der Waals surface area contributed by atoms with E-state index in [4.69, 9.17) is 23.2 Å². The highest BCUT2D eigenvalue weighted by Gasteiger charge is 2.33. The molecule has 1 heterocycles. The molecule has 11 heteroatoms. The van der Waals surface area contributed by atoms with Crippen LogP contribution in [0.5, 0.6) is 0 Å². The van der Waals surface area contributed by atoms with E-state index in [1.54, 1.807) is 23.9 Å². The molecule has 1 aromatic rings. The molecular formula is C21H35Cl4N5OS. The summed E-state index contributed by atoms with van der Waals surface area (Å²) < 4.78 is 0. The van der Waals surface area contributed by atoms with Gasteiger partial charge >= 0.3 is 6.03 Å². The first kappa shape index (κ1) is 31.3. The number of nitrogens with zero attached hydrogens (tertiary/aromatic N) is 3. The first-order chi connectivity index (χ1) is 14.3. The van der Waals surface area contributed by atoms with Crippen molar-refractivity contribution < 1.29 is 4.79 Å². The number of rotatable bonds is 10. The number of carbonyl (C=O) groups is 1. The summed E-state index contributed by atoms with van der Waals surface area (Å²) in [6.45, 7) is 7.52. The van der Waals surface area contributed by atoms with Crippen LogP contribution in [-0.2, 0) is 6.54 Å². The van der Waals surface area contributed by atoms with E-state index in [2.05, 4.69) is 60.3 Å². The zero-order valence-electron chi connectivity index (χ0n) is 19.3. The number of carbonyl (C=O) groups excluding carboxylic acids is 1. The van der Waals surface area contributed by atoms with Gasteiger partial charge in [-0.2, -0.15) is 0 Å². The predicted molar refractivity (Wildman–Crippen MR) is 143 cm³/mol. The molecule has 32 heavy (non-hydrogen) atoms. The third-order valence-electron chi connectivity index (χ3n) is 4.87. The predicted octanol–water partition coefficient (Wildman–Crippen LogP) is 5.45. The van der Waals surface area contributed by atoms with E-state index in [1.165, 1.54) is 10.7 Å². The van der Waals surface area contributed by atoms with Gasteiger partial charge in [-0.3, -0.25) is 0 Å². The van der Waals surface area contributed by atoms with E-state index in [-0.39, 0.29) is 36.3 Å². The Morgan fingerprint density at radius 1 is 1.12 bits per heavy atom. The molecule has 1 unspecified atom stereocenters. The molecule has 2 amide bonds. The summed E-state index contributed by atoms with van der Waals surface area (Å²) in [6, 6.07) is 5.16. The number of urea groups is 1. The van der Waals surface area contributed by atoms with Gasteiger partial charge in [0.15, 0.2) is 5.50 Å². The van der Waals surface area contributed by atoms with Gasteiger partial charge in [-0.25, -0.2) is 4.79 Å². The second-order valence-corrected chi connectivity index (χ2v) is 9.50. The fourth-order valence-electron chi connectivity index (χ4n) is 3.34. The van der Waals surface area contributed by atoms with Crippen molar-refractivity contribution in [1.29, 1.82) is 0 Å². The molecule has 184 valence electrons. The summed E-state index contributed by atoms with van der Waals surface area (Å²) in [5, 5.41) is 7.00. The average Bonchev–Trinajstić information content (AvgIpc) is 3.05. The van der Waals surface area contributed by atoms with Crippen LogP contribution in [0.1, 0.15) is 32.3 Å². The number of hydrogen-bond donors (Lipinski definition) is 2. The Labute approximate surface area is 219 Å². The number of nitrogens with one attached hydrogen (secondary N) is 2. The second kappa shape index (κ2) is 15.3. The van der Waals surface area contributed by atoms with Crippen molar-refractivity contribution in [2.45, 2.75) is 38.7 Å². The van der Waals surface area contributed by atoms with Crippen molar-refractivity contribution in [3.05, 3.63) is 44.5 Å². The molecule has 2 N–H and O–H groups in total. The van der Waals surface area contributed by atoms with E-state index >= 15 is 0 Å². The summed E-state index contributed by atoms with van der Waals surface area (Å²) in [4.78, 5) is 20.6. The molecule has 1 aromatic carbocycles. The lowest BCUT2D eigenvalue weighted by Gasteiger charge is -2.33. The summed E-state index contributed by atoms with van der Waals surface area (Å²) >= 11 is 13.7. The van der Waals surface area contributed by atoms with Crippen molar-refractivity contribution in [3.8, 4) is 0 Å². The van der Waals surface area contributed by atoms with Crippen molar-refractivity contribution in [1.82, 2.24) is 25.3 Å². The van der Waals surface area contributed by atoms with Crippen LogP contribution in [0.2, 0.25) is 10.0 Å². The third kappa shape index (κ3) is 8.92. The van der Waals surface area contributed by atoms with Crippen molar-refractivity contribution >= 4 is 65.8 Å². The molecule has 1 aliphatic heterocycles. The van der Waals surface area contributed by atoms with Crippen LogP contribution >= 0.6 is 59.8 Å². The number of hydrogen-bond acceptors (Lipinski definition) is 5. The molecule has 0 aliphatic carbocycles. The fraction of sp³-hybridized carbons (Fsp3) is 0.571. The quantitative estimate of drug-likeness (QED) is 0.408. The molecule has 1 aliphatic rings. The normalized spacial score (nSPS) is 15.4. The monoisotopic (exact) mass is 545 g/mol. The zero-order valence-corrected chi connectivity index (χ0v) is 23.2. The molecule has 0 saturated heterocycles. The Balaban J connectivity index is 0.00000480. The Hall–Kier alpha value is -0.700. The van der Waals surface area contributed by atoms with Crippen LogP contribution < -0.4 is 10.6 Å². The van der Waals surface area contributed by atoms with E-state index in [0.717, 1.165) is 38.0 Å². The first-order valence-electron chi connectivity index (χ1n) is 10.3. The SMILES string of the molecule is CCC1=C(N(C)CCCN(C)C)N(CC)C(NC(=O)NCc2ccc(Cl)c(Cl)c2)S1.Cl.Cl. The maximum atomic E-state index is 12.5. The zero-order chi connectivity index (χ0) is 22.3. The number of halogens is 4. The van der Waals surface area contributed by atoms with E-state index < -0.39 is 0 Å². The number of thioether (sulfide) groups is 1. The lowest BCUT2D eigenvalue weighted by atomic mass is 10.2. The summed E-state index contributed by atoms with van der Waals surface area (Å²) in [6.07, 6.45) is 2.03. The number of allylic oxidation sites excluding steroid dienone is 1. The minimum atomic E-state index is -0.205. The summed E-state index contributed by atoms with van der Waals surface area (Å²) in [5.41, 5.74) is 0.782. The highest BCUT2D eigenvalue weighted by Crippen LogP contribution is 2.39. The van der Waals surface area contributed by atoms with Crippen LogP contribution in [0.15, 0.2) is 28.9 Å². The van der Waals surface area contributed by atoms with Gasteiger partial charge in [0.05, 0.1) is 10.0 Å². The van der Waals surface area contributed by atoms with E-state index in [1.807, 2.05) is 6.07 Å². The van der Waals surface area contributed by atoms with Gasteiger partial charge in [-0.05, 0) is 58.1 Å². The second-order valence-electron chi connectivity index (χ2n) is 7.51. The van der Waals surface area contributed by atoms with Gasteiger partial charge in [0.1, 0.15) is 5.82 Å². The Morgan fingerprint density at radius 2 is 1.81 bits per heavy atom. The molecular weight excluding hydrogens is 512 g/mol. The maximum absolute atomic E-state index is 12.5. The van der Waals surface area contributed by atoms with Crippen LogP contribution in [0.3, 0.4) is 0 Å². The first-order valence-corrected chi connectivity index (χ1v) is 11.9. The van der Waals surface area contributed by atoms with E-state index in [9.17, 15) is 4.79 Å². The van der Waals surface area contributed by atoms with Crippen LogP contribution in [0, 0.1) is 0 Å². The Morgan fingerprint density at radius 3 is 2.38 bits per heavy atom. The molecule has 0 saturated carbocycles.